The molecule has 0 aliphatic rings. The first-order chi connectivity index (χ1) is 9.56. The molecule has 0 spiro atoms. The van der Waals surface area contributed by atoms with Crippen molar-refractivity contribution in [2.75, 3.05) is 14.1 Å². The van der Waals surface area contributed by atoms with Crippen LogP contribution in [0.15, 0.2) is 40.8 Å². The van der Waals surface area contributed by atoms with Gasteiger partial charge in [0.25, 0.3) is 5.91 Å². The van der Waals surface area contributed by atoms with Gasteiger partial charge >= 0.3 is 0 Å². The first-order valence-corrected chi connectivity index (χ1v) is 6.92. The van der Waals surface area contributed by atoms with Crippen molar-refractivity contribution in [3.8, 4) is 0 Å². The molecule has 0 bridgehead atoms. The average Bonchev–Trinajstić information content (AvgIpc) is 2.88. The van der Waals surface area contributed by atoms with Crippen molar-refractivity contribution in [2.24, 2.45) is 0 Å². The number of hydrogen-bond acceptors (Lipinski definition) is 2. The Kier molecular flexibility index (Phi) is 6.04. The summed E-state index contributed by atoms with van der Waals surface area (Å²) in [5.41, 5.74) is 2.41. The summed E-state index contributed by atoms with van der Waals surface area (Å²) < 4.78 is 5.56. The minimum Gasteiger partial charge on any atom is -0.456 e. The van der Waals surface area contributed by atoms with Gasteiger partial charge in [-0.25, -0.2) is 0 Å². The summed E-state index contributed by atoms with van der Waals surface area (Å²) in [6.45, 7) is 6.06. The number of amides is 1. The van der Waals surface area contributed by atoms with Gasteiger partial charge in [-0.05, 0) is 24.6 Å². The van der Waals surface area contributed by atoms with Crippen LogP contribution < -0.4 is 0 Å². The molecule has 0 radical (unpaired) electrons. The standard InChI is InChI=1S/C15H17NO2.C2H6/c1-11-5-4-6-12(9-11)10-13-7-8-14(18-13)15(17)16(2)3;1-2/h4-9H,10H2,1-3H3;1-2H3. The molecule has 108 valence electrons. The van der Waals surface area contributed by atoms with Gasteiger partial charge in [-0.1, -0.05) is 43.7 Å². The van der Waals surface area contributed by atoms with E-state index >= 15 is 0 Å². The van der Waals surface area contributed by atoms with E-state index in [1.54, 1.807) is 20.2 Å². The molecule has 0 unspecified atom stereocenters. The molecule has 2 rings (SSSR count). The summed E-state index contributed by atoms with van der Waals surface area (Å²) >= 11 is 0. The predicted octanol–water partition coefficient (Wildman–Crippen LogP) is 3.91. The number of benzene rings is 1. The third-order valence-electron chi connectivity index (χ3n) is 2.74. The van der Waals surface area contributed by atoms with E-state index in [-0.39, 0.29) is 5.91 Å². The van der Waals surface area contributed by atoms with E-state index in [4.69, 9.17) is 4.42 Å². The lowest BCUT2D eigenvalue weighted by atomic mass is 10.1. The largest absolute Gasteiger partial charge is 0.456 e. The van der Waals surface area contributed by atoms with Crippen molar-refractivity contribution in [1.82, 2.24) is 4.90 Å². The Bertz CT molecular complexity index is 556. The van der Waals surface area contributed by atoms with Crippen molar-refractivity contribution in [3.05, 3.63) is 59.0 Å². The van der Waals surface area contributed by atoms with E-state index in [0.29, 0.717) is 12.2 Å². The van der Waals surface area contributed by atoms with Crippen LogP contribution in [0.4, 0.5) is 0 Å². The number of carbonyl (C=O) groups is 1. The van der Waals surface area contributed by atoms with Crippen LogP contribution in [0, 0.1) is 6.92 Å². The molecule has 3 nitrogen and oxygen atoms in total. The molecule has 0 fully saturated rings. The Balaban J connectivity index is 0.000000956. The molecule has 20 heavy (non-hydrogen) atoms. The molecule has 0 saturated heterocycles. The molecular weight excluding hydrogens is 250 g/mol. The number of nitrogens with zero attached hydrogens (tertiary/aromatic N) is 1. The van der Waals surface area contributed by atoms with Crippen molar-refractivity contribution in [3.63, 3.8) is 0 Å². The van der Waals surface area contributed by atoms with E-state index in [0.717, 1.165) is 5.76 Å². The molecule has 1 heterocycles. The van der Waals surface area contributed by atoms with E-state index in [1.807, 2.05) is 26.0 Å². The van der Waals surface area contributed by atoms with Gasteiger partial charge < -0.3 is 9.32 Å². The van der Waals surface area contributed by atoms with Crippen LogP contribution in [0.5, 0.6) is 0 Å². The quantitative estimate of drug-likeness (QED) is 0.849. The molecule has 0 aliphatic heterocycles. The zero-order valence-corrected chi connectivity index (χ0v) is 12.9. The number of aryl methyl sites for hydroxylation is 1. The van der Waals surface area contributed by atoms with Crippen LogP contribution in [0.2, 0.25) is 0 Å². The molecule has 1 aromatic carbocycles. The topological polar surface area (TPSA) is 33.5 Å². The Morgan fingerprint density at radius 2 is 1.85 bits per heavy atom. The fraction of sp³-hybridized carbons (Fsp3) is 0.353. The van der Waals surface area contributed by atoms with Gasteiger partial charge in [0.05, 0.1) is 0 Å². The molecular formula is C17H23NO2. The summed E-state index contributed by atoms with van der Waals surface area (Å²) in [5.74, 6) is 1.10. The van der Waals surface area contributed by atoms with Gasteiger partial charge in [-0.15, -0.1) is 0 Å². The summed E-state index contributed by atoms with van der Waals surface area (Å²) in [6.07, 6.45) is 0.711. The Labute approximate surface area is 121 Å². The Morgan fingerprint density at radius 3 is 2.45 bits per heavy atom. The molecule has 0 atom stereocenters. The van der Waals surface area contributed by atoms with Gasteiger partial charge in [0, 0.05) is 20.5 Å². The van der Waals surface area contributed by atoms with E-state index in [2.05, 4.69) is 25.1 Å². The summed E-state index contributed by atoms with van der Waals surface area (Å²) in [4.78, 5) is 13.2. The number of furan rings is 1. The zero-order chi connectivity index (χ0) is 15.1. The monoisotopic (exact) mass is 273 g/mol. The van der Waals surface area contributed by atoms with Gasteiger partial charge in [0.2, 0.25) is 0 Å². The molecule has 3 heteroatoms. The van der Waals surface area contributed by atoms with Gasteiger partial charge in [0.15, 0.2) is 5.76 Å². The van der Waals surface area contributed by atoms with Crippen LogP contribution in [0.3, 0.4) is 0 Å². The summed E-state index contributed by atoms with van der Waals surface area (Å²) in [6, 6.07) is 11.9. The van der Waals surface area contributed by atoms with E-state index in [1.165, 1.54) is 16.0 Å². The fourth-order valence-corrected chi connectivity index (χ4v) is 1.83. The minimum atomic E-state index is -0.106. The zero-order valence-electron chi connectivity index (χ0n) is 12.9. The van der Waals surface area contributed by atoms with Crippen LogP contribution >= 0.6 is 0 Å². The molecule has 0 N–H and O–H groups in total. The number of rotatable bonds is 3. The maximum atomic E-state index is 11.7. The van der Waals surface area contributed by atoms with Crippen molar-refractivity contribution >= 4 is 5.91 Å². The van der Waals surface area contributed by atoms with Gasteiger partial charge in [-0.2, -0.15) is 0 Å². The highest BCUT2D eigenvalue weighted by Gasteiger charge is 2.12. The van der Waals surface area contributed by atoms with Crippen molar-refractivity contribution in [1.29, 1.82) is 0 Å². The third kappa shape index (κ3) is 4.26. The first kappa shape index (κ1) is 16.0. The molecule has 1 amide bonds. The van der Waals surface area contributed by atoms with E-state index < -0.39 is 0 Å². The van der Waals surface area contributed by atoms with Crippen LogP contribution in [0.1, 0.15) is 41.3 Å². The first-order valence-electron chi connectivity index (χ1n) is 6.92. The SMILES string of the molecule is CC.Cc1cccc(Cc2ccc(C(=O)N(C)C)o2)c1. The van der Waals surface area contributed by atoms with Gasteiger partial charge in [0.1, 0.15) is 5.76 Å². The lowest BCUT2D eigenvalue weighted by Gasteiger charge is -2.06. The Hall–Kier alpha value is -2.03. The lowest BCUT2D eigenvalue weighted by molar-refractivity contribution is 0.0795. The van der Waals surface area contributed by atoms with Crippen molar-refractivity contribution < 1.29 is 9.21 Å². The molecule has 1 aromatic heterocycles. The number of hydrogen-bond donors (Lipinski definition) is 0. The minimum absolute atomic E-state index is 0.106. The fourth-order valence-electron chi connectivity index (χ4n) is 1.83. The molecule has 2 aromatic rings. The molecule has 0 saturated carbocycles. The normalized spacial score (nSPS) is 9.65. The van der Waals surface area contributed by atoms with Crippen molar-refractivity contribution in [2.45, 2.75) is 27.2 Å². The predicted molar refractivity (Wildman–Crippen MR) is 82.1 cm³/mol. The summed E-state index contributed by atoms with van der Waals surface area (Å²) in [5, 5.41) is 0. The smallest absolute Gasteiger partial charge is 0.289 e. The molecule has 0 aliphatic carbocycles. The third-order valence-corrected chi connectivity index (χ3v) is 2.74. The van der Waals surface area contributed by atoms with Crippen LogP contribution in [-0.4, -0.2) is 24.9 Å². The Morgan fingerprint density at radius 1 is 1.15 bits per heavy atom. The van der Waals surface area contributed by atoms with Crippen LogP contribution in [0.25, 0.3) is 0 Å². The summed E-state index contributed by atoms with van der Waals surface area (Å²) in [7, 11) is 3.43. The lowest BCUT2D eigenvalue weighted by Crippen LogP contribution is -2.20. The second kappa shape index (κ2) is 7.53. The van der Waals surface area contributed by atoms with Crippen LogP contribution in [-0.2, 0) is 6.42 Å². The highest BCUT2D eigenvalue weighted by atomic mass is 16.4. The maximum Gasteiger partial charge on any atom is 0.289 e. The number of carbonyl (C=O) groups excluding carboxylic acids is 1. The second-order valence-corrected chi connectivity index (χ2v) is 4.63. The highest BCUT2D eigenvalue weighted by Crippen LogP contribution is 2.15. The average molecular weight is 273 g/mol. The van der Waals surface area contributed by atoms with Gasteiger partial charge in [-0.3, -0.25) is 4.79 Å². The van der Waals surface area contributed by atoms with E-state index in [9.17, 15) is 4.79 Å². The highest BCUT2D eigenvalue weighted by molar-refractivity contribution is 5.91. The second-order valence-electron chi connectivity index (χ2n) is 4.63. The maximum absolute atomic E-state index is 11.7.